The number of carboxylic acid groups (broad SMARTS) is 1. The van der Waals surface area contributed by atoms with Gasteiger partial charge in [-0.05, 0) is 59.5 Å². The van der Waals surface area contributed by atoms with E-state index < -0.39 is 5.97 Å². The Morgan fingerprint density at radius 2 is 1.73 bits per heavy atom. The Labute approximate surface area is 172 Å². The smallest absolute Gasteiger partial charge is 0.352 e. The van der Waals surface area contributed by atoms with Crippen molar-refractivity contribution >= 4 is 16.9 Å². The van der Waals surface area contributed by atoms with Gasteiger partial charge in [0.2, 0.25) is 6.79 Å². The average Bonchev–Trinajstić information content (AvgIpc) is 3.38. The van der Waals surface area contributed by atoms with Crippen LogP contribution in [0.4, 0.5) is 0 Å². The fraction of sp³-hybridized carbons (Fsp3) is 0.125. The molecule has 0 saturated carbocycles. The van der Waals surface area contributed by atoms with E-state index in [1.165, 1.54) is 0 Å². The number of hydrogen-bond donors (Lipinski definition) is 2. The van der Waals surface area contributed by atoms with Crippen LogP contribution in [0.5, 0.6) is 17.2 Å². The quantitative estimate of drug-likeness (QED) is 0.499. The van der Waals surface area contributed by atoms with Gasteiger partial charge in [0.25, 0.3) is 0 Å². The second-order valence-corrected chi connectivity index (χ2v) is 7.15. The number of nitrogens with one attached hydrogen (secondary N) is 1. The molecule has 0 unspecified atom stereocenters. The molecule has 0 amide bonds. The zero-order valence-electron chi connectivity index (χ0n) is 16.3. The molecule has 1 aromatic heterocycles. The molecule has 6 heteroatoms. The van der Waals surface area contributed by atoms with Crippen LogP contribution in [0, 0.1) is 0 Å². The molecule has 2 heterocycles. The maximum atomic E-state index is 11.9. The number of carboxylic acids is 1. The van der Waals surface area contributed by atoms with Gasteiger partial charge in [-0.2, -0.15) is 0 Å². The van der Waals surface area contributed by atoms with Crippen LogP contribution in [0.3, 0.4) is 0 Å². The van der Waals surface area contributed by atoms with E-state index in [0.29, 0.717) is 12.0 Å². The van der Waals surface area contributed by atoms with Crippen molar-refractivity contribution in [3.8, 4) is 28.4 Å². The van der Waals surface area contributed by atoms with Gasteiger partial charge in [0.1, 0.15) is 11.4 Å². The lowest BCUT2D eigenvalue weighted by atomic mass is 9.98. The Kier molecular flexibility index (Phi) is 4.32. The number of aromatic carboxylic acids is 1. The molecule has 0 aliphatic carbocycles. The largest absolute Gasteiger partial charge is 0.497 e. The summed E-state index contributed by atoms with van der Waals surface area (Å²) in [6, 6.07) is 19.3. The van der Waals surface area contributed by atoms with E-state index in [1.54, 1.807) is 7.11 Å². The standard InChI is InChI=1S/C24H19NO5/c1-28-17-6-4-16(5-7-17)22-18-11-14(2-8-19(18)25-23(22)24(26)27)10-15-3-9-20-21(12-15)30-13-29-20/h2-9,11-12,25H,10,13H2,1H3,(H,26,27). The highest BCUT2D eigenvalue weighted by Gasteiger charge is 2.19. The summed E-state index contributed by atoms with van der Waals surface area (Å²) in [6.45, 7) is 0.247. The summed E-state index contributed by atoms with van der Waals surface area (Å²) in [4.78, 5) is 14.9. The van der Waals surface area contributed by atoms with Crippen LogP contribution in [-0.4, -0.2) is 30.0 Å². The summed E-state index contributed by atoms with van der Waals surface area (Å²) >= 11 is 0. The first-order valence-electron chi connectivity index (χ1n) is 9.53. The topological polar surface area (TPSA) is 80.8 Å². The van der Waals surface area contributed by atoms with Gasteiger partial charge in [0.15, 0.2) is 11.5 Å². The number of methoxy groups -OCH3 is 1. The number of carbonyl (C=O) groups is 1. The van der Waals surface area contributed by atoms with Gasteiger partial charge in [0.05, 0.1) is 7.11 Å². The molecule has 150 valence electrons. The number of ether oxygens (including phenoxy) is 3. The highest BCUT2D eigenvalue weighted by Crippen LogP contribution is 2.36. The summed E-state index contributed by atoms with van der Waals surface area (Å²) in [6.07, 6.45) is 0.697. The molecule has 0 spiro atoms. The van der Waals surface area contributed by atoms with Crippen molar-refractivity contribution in [1.82, 2.24) is 4.98 Å². The number of aromatic nitrogens is 1. The van der Waals surface area contributed by atoms with E-state index in [9.17, 15) is 9.90 Å². The third-order valence-corrected chi connectivity index (χ3v) is 5.30. The van der Waals surface area contributed by atoms with Crippen LogP contribution < -0.4 is 14.2 Å². The SMILES string of the molecule is COc1ccc(-c2c(C(=O)O)[nH]c3ccc(Cc4ccc5c(c4)OCO5)cc23)cc1. The number of H-pyrrole nitrogens is 1. The number of benzene rings is 3. The van der Waals surface area contributed by atoms with Crippen molar-refractivity contribution in [3.05, 3.63) is 77.5 Å². The highest BCUT2D eigenvalue weighted by molar-refractivity contribution is 6.07. The Bertz CT molecular complexity index is 1260. The molecule has 1 aliphatic heterocycles. The summed E-state index contributed by atoms with van der Waals surface area (Å²) < 4.78 is 16.1. The van der Waals surface area contributed by atoms with Gasteiger partial charge in [-0.25, -0.2) is 4.79 Å². The van der Waals surface area contributed by atoms with E-state index >= 15 is 0 Å². The normalized spacial score (nSPS) is 12.3. The van der Waals surface area contributed by atoms with Crippen LogP contribution in [0.2, 0.25) is 0 Å². The van der Waals surface area contributed by atoms with Crippen molar-refractivity contribution in [2.75, 3.05) is 13.9 Å². The predicted octanol–water partition coefficient (Wildman–Crippen LogP) is 4.86. The zero-order valence-corrected chi connectivity index (χ0v) is 16.3. The number of fused-ring (bicyclic) bond motifs is 2. The van der Waals surface area contributed by atoms with Crippen LogP contribution in [-0.2, 0) is 6.42 Å². The van der Waals surface area contributed by atoms with E-state index in [4.69, 9.17) is 14.2 Å². The predicted molar refractivity (Wildman–Crippen MR) is 113 cm³/mol. The molecular formula is C24H19NO5. The zero-order chi connectivity index (χ0) is 20.7. The van der Waals surface area contributed by atoms with Crippen molar-refractivity contribution in [3.63, 3.8) is 0 Å². The van der Waals surface area contributed by atoms with Crippen LogP contribution in [0.15, 0.2) is 60.7 Å². The van der Waals surface area contributed by atoms with Crippen molar-refractivity contribution < 1.29 is 24.1 Å². The average molecular weight is 401 g/mol. The minimum absolute atomic E-state index is 0.176. The van der Waals surface area contributed by atoms with E-state index in [2.05, 4.69) is 4.98 Å². The van der Waals surface area contributed by atoms with Crippen LogP contribution in [0.1, 0.15) is 21.6 Å². The lowest BCUT2D eigenvalue weighted by molar-refractivity contribution is 0.0692. The Hall–Kier alpha value is -3.93. The Balaban J connectivity index is 1.58. The van der Waals surface area contributed by atoms with Crippen LogP contribution >= 0.6 is 0 Å². The second-order valence-electron chi connectivity index (χ2n) is 7.15. The summed E-state index contributed by atoms with van der Waals surface area (Å²) in [5.41, 5.74) is 4.63. The third kappa shape index (κ3) is 3.12. The van der Waals surface area contributed by atoms with E-state index in [-0.39, 0.29) is 12.5 Å². The lowest BCUT2D eigenvalue weighted by Gasteiger charge is -2.07. The molecule has 0 bridgehead atoms. The Morgan fingerprint density at radius 1 is 1.00 bits per heavy atom. The maximum Gasteiger partial charge on any atom is 0.352 e. The molecule has 30 heavy (non-hydrogen) atoms. The second kappa shape index (κ2) is 7.15. The Morgan fingerprint density at radius 3 is 2.50 bits per heavy atom. The molecule has 4 aromatic rings. The van der Waals surface area contributed by atoms with Gasteiger partial charge < -0.3 is 24.3 Å². The van der Waals surface area contributed by atoms with Crippen molar-refractivity contribution in [2.24, 2.45) is 0 Å². The first kappa shape index (κ1) is 18.1. The summed E-state index contributed by atoms with van der Waals surface area (Å²) in [5, 5.41) is 10.6. The summed E-state index contributed by atoms with van der Waals surface area (Å²) in [7, 11) is 1.60. The van der Waals surface area contributed by atoms with Crippen molar-refractivity contribution in [2.45, 2.75) is 6.42 Å². The van der Waals surface area contributed by atoms with Gasteiger partial charge in [-0.3, -0.25) is 0 Å². The molecule has 3 aromatic carbocycles. The van der Waals surface area contributed by atoms with Gasteiger partial charge in [-0.1, -0.05) is 24.3 Å². The molecule has 2 N–H and O–H groups in total. The number of hydrogen-bond acceptors (Lipinski definition) is 4. The molecule has 0 atom stereocenters. The summed E-state index contributed by atoms with van der Waals surface area (Å²) in [5.74, 6) is 1.24. The highest BCUT2D eigenvalue weighted by atomic mass is 16.7. The first-order chi connectivity index (χ1) is 14.6. The fourth-order valence-corrected chi connectivity index (χ4v) is 3.85. The number of aromatic amines is 1. The molecule has 0 radical (unpaired) electrons. The van der Waals surface area contributed by atoms with Gasteiger partial charge >= 0.3 is 5.97 Å². The number of rotatable bonds is 5. The van der Waals surface area contributed by atoms with Crippen LogP contribution in [0.25, 0.3) is 22.0 Å². The maximum absolute atomic E-state index is 11.9. The molecular weight excluding hydrogens is 382 g/mol. The molecule has 0 fully saturated rings. The molecule has 1 aliphatic rings. The molecule has 5 rings (SSSR count). The lowest BCUT2D eigenvalue weighted by Crippen LogP contribution is -1.98. The first-order valence-corrected chi connectivity index (χ1v) is 9.53. The monoisotopic (exact) mass is 401 g/mol. The minimum Gasteiger partial charge on any atom is -0.497 e. The van der Waals surface area contributed by atoms with Crippen molar-refractivity contribution in [1.29, 1.82) is 0 Å². The third-order valence-electron chi connectivity index (χ3n) is 5.30. The van der Waals surface area contributed by atoms with E-state index in [1.807, 2.05) is 60.7 Å². The minimum atomic E-state index is -0.991. The molecule has 0 saturated heterocycles. The van der Waals surface area contributed by atoms with Gasteiger partial charge in [-0.15, -0.1) is 0 Å². The van der Waals surface area contributed by atoms with Gasteiger partial charge in [0, 0.05) is 16.5 Å². The molecule has 6 nitrogen and oxygen atoms in total. The fourth-order valence-electron chi connectivity index (χ4n) is 3.85. The van der Waals surface area contributed by atoms with E-state index in [0.717, 1.165) is 44.8 Å².